The third-order valence-electron chi connectivity index (χ3n) is 3.18. The lowest BCUT2D eigenvalue weighted by Crippen LogP contribution is -2.15. The number of halogens is 1. The maximum Gasteiger partial charge on any atom is 0.162 e. The number of ether oxygens (including phenoxy) is 2. The first-order valence-electron chi connectivity index (χ1n) is 6.82. The van der Waals surface area contributed by atoms with Gasteiger partial charge in [0.2, 0.25) is 0 Å². The molecule has 110 valence electrons. The van der Waals surface area contributed by atoms with Crippen molar-refractivity contribution in [1.29, 1.82) is 0 Å². The number of benzene rings is 2. The van der Waals surface area contributed by atoms with Crippen LogP contribution in [0, 0.1) is 0 Å². The summed E-state index contributed by atoms with van der Waals surface area (Å²) in [5.74, 6) is 1.64. The molecule has 0 aliphatic carbocycles. The Morgan fingerprint density at radius 2 is 1.86 bits per heavy atom. The molecule has 5 heteroatoms. The minimum absolute atomic E-state index is 0.608. The molecular formula is C16H16BrNO2S. The third kappa shape index (κ3) is 3.54. The Morgan fingerprint density at radius 3 is 2.67 bits per heavy atom. The molecule has 0 aromatic heterocycles. The summed E-state index contributed by atoms with van der Waals surface area (Å²) in [7, 11) is 0. The van der Waals surface area contributed by atoms with Gasteiger partial charge in [-0.1, -0.05) is 33.8 Å². The number of hydrogen-bond donors (Lipinski definition) is 1. The minimum Gasteiger partial charge on any atom is -0.486 e. The summed E-state index contributed by atoms with van der Waals surface area (Å²) in [6, 6.07) is 12.4. The highest BCUT2D eigenvalue weighted by atomic mass is 79.9. The van der Waals surface area contributed by atoms with E-state index in [0.29, 0.717) is 19.8 Å². The van der Waals surface area contributed by atoms with Crippen LogP contribution < -0.4 is 15.2 Å². The van der Waals surface area contributed by atoms with E-state index in [4.69, 9.17) is 15.2 Å². The Balaban J connectivity index is 1.87. The molecule has 2 aromatic carbocycles. The van der Waals surface area contributed by atoms with Crippen LogP contribution in [0.3, 0.4) is 0 Å². The molecule has 1 aliphatic heterocycles. The normalized spacial score (nSPS) is 13.2. The van der Waals surface area contributed by atoms with Crippen molar-refractivity contribution in [2.24, 2.45) is 5.73 Å². The van der Waals surface area contributed by atoms with Gasteiger partial charge in [-0.05, 0) is 48.9 Å². The Morgan fingerprint density at radius 1 is 1.05 bits per heavy atom. The maximum atomic E-state index is 5.69. The molecule has 2 aromatic rings. The summed E-state index contributed by atoms with van der Waals surface area (Å²) in [6.07, 6.45) is 0.875. The number of rotatable bonds is 4. The average Bonchev–Trinajstić information content (AvgIpc) is 2.50. The van der Waals surface area contributed by atoms with Crippen LogP contribution in [0.2, 0.25) is 0 Å². The molecule has 3 rings (SSSR count). The molecule has 0 fully saturated rings. The van der Waals surface area contributed by atoms with E-state index in [2.05, 4.69) is 40.2 Å². The van der Waals surface area contributed by atoms with Crippen LogP contribution >= 0.6 is 27.7 Å². The fourth-order valence-corrected chi connectivity index (χ4v) is 3.76. The van der Waals surface area contributed by atoms with Gasteiger partial charge in [0.25, 0.3) is 0 Å². The average molecular weight is 366 g/mol. The first kappa shape index (κ1) is 14.8. The lowest BCUT2D eigenvalue weighted by atomic mass is 10.1. The summed E-state index contributed by atoms with van der Waals surface area (Å²) < 4.78 is 12.3. The van der Waals surface area contributed by atoms with Crippen LogP contribution in [0.25, 0.3) is 0 Å². The predicted molar refractivity (Wildman–Crippen MR) is 88.5 cm³/mol. The van der Waals surface area contributed by atoms with Crippen molar-refractivity contribution in [3.8, 4) is 11.5 Å². The molecule has 0 bridgehead atoms. The van der Waals surface area contributed by atoms with Gasteiger partial charge in [0.1, 0.15) is 13.2 Å². The zero-order valence-electron chi connectivity index (χ0n) is 11.5. The van der Waals surface area contributed by atoms with E-state index < -0.39 is 0 Å². The van der Waals surface area contributed by atoms with Gasteiger partial charge in [0.15, 0.2) is 11.5 Å². The SMILES string of the molecule is NCCc1ccc(Br)cc1Sc1ccc2c(c1)OCCO2. The van der Waals surface area contributed by atoms with Gasteiger partial charge < -0.3 is 15.2 Å². The van der Waals surface area contributed by atoms with Crippen LogP contribution in [0.4, 0.5) is 0 Å². The molecule has 0 atom stereocenters. The maximum absolute atomic E-state index is 5.69. The first-order valence-corrected chi connectivity index (χ1v) is 8.43. The summed E-state index contributed by atoms with van der Waals surface area (Å²) >= 11 is 5.25. The molecule has 3 nitrogen and oxygen atoms in total. The standard InChI is InChI=1S/C16H16BrNO2S/c17-12-2-1-11(5-6-18)16(9-12)21-13-3-4-14-15(10-13)20-8-7-19-14/h1-4,9-10H,5-8,18H2. The van der Waals surface area contributed by atoms with Crippen molar-refractivity contribution in [2.75, 3.05) is 19.8 Å². The smallest absolute Gasteiger partial charge is 0.162 e. The molecule has 0 saturated carbocycles. The summed E-state index contributed by atoms with van der Waals surface area (Å²) in [4.78, 5) is 2.35. The van der Waals surface area contributed by atoms with Crippen molar-refractivity contribution in [2.45, 2.75) is 16.2 Å². The highest BCUT2D eigenvalue weighted by Gasteiger charge is 2.13. The topological polar surface area (TPSA) is 44.5 Å². The molecule has 1 heterocycles. The van der Waals surface area contributed by atoms with E-state index >= 15 is 0 Å². The zero-order valence-corrected chi connectivity index (χ0v) is 13.9. The van der Waals surface area contributed by atoms with Gasteiger partial charge in [-0.25, -0.2) is 0 Å². The molecule has 0 unspecified atom stereocenters. The summed E-state index contributed by atoms with van der Waals surface area (Å²) in [5, 5.41) is 0. The van der Waals surface area contributed by atoms with Crippen LogP contribution in [0.1, 0.15) is 5.56 Å². The molecule has 1 aliphatic rings. The van der Waals surface area contributed by atoms with Gasteiger partial charge in [0, 0.05) is 14.3 Å². The molecule has 0 amide bonds. The second kappa shape index (κ2) is 6.73. The number of nitrogens with two attached hydrogens (primary N) is 1. The van der Waals surface area contributed by atoms with Crippen molar-refractivity contribution in [3.05, 3.63) is 46.4 Å². The van der Waals surface area contributed by atoms with E-state index in [0.717, 1.165) is 27.3 Å². The monoisotopic (exact) mass is 365 g/mol. The molecule has 21 heavy (non-hydrogen) atoms. The second-order valence-electron chi connectivity index (χ2n) is 4.70. The van der Waals surface area contributed by atoms with Gasteiger partial charge in [0.05, 0.1) is 0 Å². The Kier molecular flexibility index (Phi) is 4.73. The Bertz CT molecular complexity index is 648. The van der Waals surface area contributed by atoms with E-state index in [9.17, 15) is 0 Å². The van der Waals surface area contributed by atoms with Crippen molar-refractivity contribution >= 4 is 27.7 Å². The molecule has 0 saturated heterocycles. The van der Waals surface area contributed by atoms with E-state index in [-0.39, 0.29) is 0 Å². The lowest BCUT2D eigenvalue weighted by molar-refractivity contribution is 0.171. The fourth-order valence-electron chi connectivity index (χ4n) is 2.20. The van der Waals surface area contributed by atoms with E-state index in [1.54, 1.807) is 11.8 Å². The van der Waals surface area contributed by atoms with Crippen molar-refractivity contribution in [1.82, 2.24) is 0 Å². The second-order valence-corrected chi connectivity index (χ2v) is 6.73. The van der Waals surface area contributed by atoms with Crippen LogP contribution in [-0.2, 0) is 6.42 Å². The van der Waals surface area contributed by atoms with Gasteiger partial charge in [-0.2, -0.15) is 0 Å². The van der Waals surface area contributed by atoms with Gasteiger partial charge in [-0.15, -0.1) is 0 Å². The molecule has 2 N–H and O–H groups in total. The minimum atomic E-state index is 0.608. The third-order valence-corrected chi connectivity index (χ3v) is 4.77. The van der Waals surface area contributed by atoms with E-state index in [1.165, 1.54) is 10.5 Å². The number of fused-ring (bicyclic) bond motifs is 1. The van der Waals surface area contributed by atoms with Crippen LogP contribution in [0.15, 0.2) is 50.7 Å². The summed E-state index contributed by atoms with van der Waals surface area (Å²) in [6.45, 7) is 1.87. The van der Waals surface area contributed by atoms with Gasteiger partial charge >= 0.3 is 0 Å². The van der Waals surface area contributed by atoms with Crippen LogP contribution in [-0.4, -0.2) is 19.8 Å². The largest absolute Gasteiger partial charge is 0.486 e. The highest BCUT2D eigenvalue weighted by Crippen LogP contribution is 2.38. The first-order chi connectivity index (χ1) is 10.3. The Hall–Kier alpha value is -1.17. The zero-order chi connectivity index (χ0) is 14.7. The van der Waals surface area contributed by atoms with Crippen LogP contribution in [0.5, 0.6) is 11.5 Å². The molecule has 0 spiro atoms. The number of hydrogen-bond acceptors (Lipinski definition) is 4. The van der Waals surface area contributed by atoms with Gasteiger partial charge in [-0.3, -0.25) is 0 Å². The van der Waals surface area contributed by atoms with Crippen molar-refractivity contribution in [3.63, 3.8) is 0 Å². The van der Waals surface area contributed by atoms with E-state index in [1.807, 2.05) is 12.1 Å². The fraction of sp³-hybridized carbons (Fsp3) is 0.250. The molecule has 0 radical (unpaired) electrons. The Labute approximate surface area is 137 Å². The summed E-state index contributed by atoms with van der Waals surface area (Å²) in [5.41, 5.74) is 6.96. The molecular weight excluding hydrogens is 350 g/mol. The predicted octanol–water partition coefficient (Wildman–Crippen LogP) is 3.87. The highest BCUT2D eigenvalue weighted by molar-refractivity contribution is 9.10. The quantitative estimate of drug-likeness (QED) is 0.892. The van der Waals surface area contributed by atoms with Crippen molar-refractivity contribution < 1.29 is 9.47 Å². The lowest BCUT2D eigenvalue weighted by Gasteiger charge is -2.19.